The fourth-order valence-electron chi connectivity index (χ4n) is 2.63. The van der Waals surface area contributed by atoms with E-state index in [1.807, 2.05) is 6.07 Å². The van der Waals surface area contributed by atoms with Crippen LogP contribution in [0.3, 0.4) is 0 Å². The van der Waals surface area contributed by atoms with E-state index in [2.05, 4.69) is 42.0 Å². The van der Waals surface area contributed by atoms with Gasteiger partial charge in [-0.1, -0.05) is 5.92 Å². The fraction of sp³-hybridized carbons (Fsp3) is 0.100. The van der Waals surface area contributed by atoms with E-state index >= 15 is 0 Å². The van der Waals surface area contributed by atoms with Crippen LogP contribution in [0.4, 0.5) is 0 Å². The van der Waals surface area contributed by atoms with Crippen molar-refractivity contribution in [3.05, 3.63) is 53.1 Å². The summed E-state index contributed by atoms with van der Waals surface area (Å²) in [6.45, 7) is 1.72. The number of aliphatic imine (C=N–C) groups is 1. The number of fused-ring (bicyclic) bond motifs is 1. The topological polar surface area (TPSA) is 132 Å². The van der Waals surface area contributed by atoms with Crippen LogP contribution in [-0.2, 0) is 0 Å². The normalized spacial score (nSPS) is 11.9. The monoisotopic (exact) mass is 397 g/mol. The molecule has 1 aliphatic heterocycles. The number of hydrogen-bond acceptors (Lipinski definition) is 7. The molecule has 1 N–H and O–H groups in total. The summed E-state index contributed by atoms with van der Waals surface area (Å²) in [5.74, 6) is 7.04. The lowest BCUT2D eigenvalue weighted by atomic mass is 10.1. The Labute approximate surface area is 170 Å². The predicted molar refractivity (Wildman–Crippen MR) is 108 cm³/mol. The zero-order valence-corrected chi connectivity index (χ0v) is 15.9. The molecule has 0 radical (unpaired) electrons. The van der Waals surface area contributed by atoms with Crippen LogP contribution in [-0.4, -0.2) is 50.5 Å². The number of benzene rings is 1. The Balaban J connectivity index is 1.65. The van der Waals surface area contributed by atoms with Crippen molar-refractivity contribution in [2.75, 3.05) is 7.11 Å². The molecule has 1 aliphatic rings. The molecule has 0 saturated carbocycles. The minimum absolute atomic E-state index is 0.274. The van der Waals surface area contributed by atoms with Crippen LogP contribution in [0.1, 0.15) is 34.2 Å². The Bertz CT molecular complexity index is 1390. The Morgan fingerprint density at radius 3 is 2.80 bits per heavy atom. The molecule has 3 aromatic rings. The molecule has 0 bridgehead atoms. The second-order valence-corrected chi connectivity index (χ2v) is 6.10. The second kappa shape index (κ2) is 7.68. The van der Waals surface area contributed by atoms with E-state index < -0.39 is 5.91 Å². The number of aromatic nitrogens is 4. The molecule has 3 heterocycles. The van der Waals surface area contributed by atoms with Gasteiger partial charge in [-0.25, -0.2) is 9.65 Å². The van der Waals surface area contributed by atoms with Crippen LogP contribution in [0.5, 0.6) is 5.88 Å². The summed E-state index contributed by atoms with van der Waals surface area (Å²) in [4.78, 5) is 20.7. The highest BCUT2D eigenvalue weighted by Gasteiger charge is 2.19. The largest absolute Gasteiger partial charge is 0.480 e. The van der Waals surface area contributed by atoms with Gasteiger partial charge < -0.3 is 4.74 Å². The maximum Gasteiger partial charge on any atom is 0.389 e. The molecule has 1 amide bonds. The average Bonchev–Trinajstić information content (AvgIpc) is 3.36. The summed E-state index contributed by atoms with van der Waals surface area (Å²) >= 11 is 0. The molecule has 0 saturated heterocycles. The van der Waals surface area contributed by atoms with Gasteiger partial charge in [0.1, 0.15) is 0 Å². The second-order valence-electron chi connectivity index (χ2n) is 6.10. The third kappa shape index (κ3) is 3.76. The molecule has 0 unspecified atom stereocenters. The van der Waals surface area contributed by atoms with Gasteiger partial charge in [0.05, 0.1) is 38.1 Å². The molecular weight excluding hydrogens is 384 g/mol. The first-order chi connectivity index (χ1) is 14.6. The van der Waals surface area contributed by atoms with Crippen molar-refractivity contribution >= 4 is 29.4 Å². The van der Waals surface area contributed by atoms with E-state index in [0.717, 1.165) is 0 Å². The minimum Gasteiger partial charge on any atom is -0.480 e. The summed E-state index contributed by atoms with van der Waals surface area (Å²) in [5, 5.41) is 20.0. The maximum absolute atomic E-state index is 12.5. The third-order valence-electron chi connectivity index (χ3n) is 4.02. The summed E-state index contributed by atoms with van der Waals surface area (Å²) in [6, 6.07) is 6.68. The molecule has 0 atom stereocenters. The number of amidine groups is 2. The quantitative estimate of drug-likeness (QED) is 0.482. The molecule has 0 fully saturated rings. The van der Waals surface area contributed by atoms with E-state index in [0.29, 0.717) is 40.1 Å². The molecule has 1 aromatic carbocycles. The number of ether oxygens (including phenoxy) is 1. The lowest BCUT2D eigenvalue weighted by Gasteiger charge is -2.02. The number of nitriles is 1. The lowest BCUT2D eigenvalue weighted by molar-refractivity contribution is 0.0977. The lowest BCUT2D eigenvalue weighted by Crippen LogP contribution is -2.31. The van der Waals surface area contributed by atoms with Crippen molar-refractivity contribution in [1.29, 1.82) is 5.26 Å². The van der Waals surface area contributed by atoms with Crippen LogP contribution in [0.15, 0.2) is 35.6 Å². The Hall–Kier alpha value is -4.79. The first-order valence-corrected chi connectivity index (χ1v) is 8.65. The van der Waals surface area contributed by atoms with Gasteiger partial charge in [0.25, 0.3) is 12.1 Å². The van der Waals surface area contributed by atoms with E-state index in [9.17, 15) is 10.1 Å². The Morgan fingerprint density at radius 2 is 2.07 bits per heavy atom. The van der Waals surface area contributed by atoms with Crippen LogP contribution < -0.4 is 14.7 Å². The number of carbonyl (C=O) groups excluding carboxylic acids is 1. The van der Waals surface area contributed by atoms with Crippen LogP contribution in [0, 0.1) is 23.2 Å². The summed E-state index contributed by atoms with van der Waals surface area (Å²) in [5.41, 5.74) is 1.56. The molecule has 144 valence electrons. The highest BCUT2D eigenvalue weighted by atomic mass is 16.5. The number of nitrogens with one attached hydrogen (secondary N) is 1. The Morgan fingerprint density at radius 1 is 1.23 bits per heavy atom. The molecule has 4 rings (SSSR count). The average molecular weight is 397 g/mol. The van der Waals surface area contributed by atoms with Crippen LogP contribution in [0.25, 0.3) is 5.65 Å². The van der Waals surface area contributed by atoms with E-state index in [1.165, 1.54) is 25.6 Å². The van der Waals surface area contributed by atoms with Gasteiger partial charge in [0, 0.05) is 11.1 Å². The fourth-order valence-corrected chi connectivity index (χ4v) is 2.63. The standard InChI is InChI=1S/C20H12N8O2/c1-12-22-9-16(24-12)25-20(29)15-6-13(5-14(7-15)8-21)3-4-17-26-27-18-10-23-19(30-2)11-28(17)18/h5-7,9-11H,1-2H3/p+1. The SMILES string of the molecule is COc1cn2c(C#Cc3cc(C#N)cc(C(=O)NC4=NC(C)=[N+]=C4)c3)nnc2cn1. The molecule has 2 aromatic heterocycles. The first-order valence-electron chi connectivity index (χ1n) is 8.65. The predicted octanol–water partition coefficient (Wildman–Crippen LogP) is 0.103. The number of rotatable bonds is 2. The summed E-state index contributed by atoms with van der Waals surface area (Å²) in [6.07, 6.45) is 4.60. The van der Waals surface area contributed by atoms with E-state index in [1.54, 1.807) is 29.7 Å². The summed E-state index contributed by atoms with van der Waals surface area (Å²) < 4.78 is 10.7. The molecule has 30 heavy (non-hydrogen) atoms. The first kappa shape index (κ1) is 18.6. The maximum atomic E-state index is 12.5. The molecule has 0 aliphatic carbocycles. The van der Waals surface area contributed by atoms with Gasteiger partial charge in [-0.15, -0.1) is 10.2 Å². The van der Waals surface area contributed by atoms with Crippen LogP contribution in [0.2, 0.25) is 0 Å². The van der Waals surface area contributed by atoms with Crippen LogP contribution >= 0.6 is 0 Å². The van der Waals surface area contributed by atoms with Gasteiger partial charge in [0.2, 0.25) is 11.7 Å². The molecular formula is C20H13N8O2+. The van der Waals surface area contributed by atoms with Crippen molar-refractivity contribution in [3.63, 3.8) is 0 Å². The van der Waals surface area contributed by atoms with Gasteiger partial charge in [-0.05, 0) is 29.1 Å². The van der Waals surface area contributed by atoms with Crippen molar-refractivity contribution in [3.8, 4) is 23.8 Å². The third-order valence-corrected chi connectivity index (χ3v) is 4.02. The molecule has 0 spiro atoms. The van der Waals surface area contributed by atoms with Crippen molar-refractivity contribution in [2.24, 2.45) is 4.99 Å². The van der Waals surface area contributed by atoms with Gasteiger partial charge in [-0.3, -0.25) is 14.5 Å². The zero-order chi connectivity index (χ0) is 21.1. The number of methoxy groups -OCH3 is 1. The van der Waals surface area contributed by atoms with Gasteiger partial charge >= 0.3 is 11.7 Å². The van der Waals surface area contributed by atoms with Gasteiger partial charge in [-0.2, -0.15) is 5.26 Å². The molecule has 10 heteroatoms. The highest BCUT2D eigenvalue weighted by molar-refractivity contribution is 6.37. The number of nitrogens with zero attached hydrogens (tertiary/aromatic N) is 7. The Kier molecular flexibility index (Phi) is 4.75. The van der Waals surface area contributed by atoms with E-state index in [4.69, 9.17) is 4.74 Å². The van der Waals surface area contributed by atoms with E-state index in [-0.39, 0.29) is 5.56 Å². The number of carbonyl (C=O) groups is 1. The zero-order valence-electron chi connectivity index (χ0n) is 15.9. The highest BCUT2D eigenvalue weighted by Crippen LogP contribution is 2.11. The van der Waals surface area contributed by atoms with Crippen molar-refractivity contribution in [1.82, 2.24) is 29.6 Å². The summed E-state index contributed by atoms with van der Waals surface area (Å²) in [7, 11) is 1.51. The smallest absolute Gasteiger partial charge is 0.389 e. The molecule has 10 nitrogen and oxygen atoms in total. The van der Waals surface area contributed by atoms with Gasteiger partial charge in [0.15, 0.2) is 5.65 Å². The number of hydrogen-bond donors (Lipinski definition) is 1. The van der Waals surface area contributed by atoms with Crippen molar-refractivity contribution in [2.45, 2.75) is 6.92 Å². The minimum atomic E-state index is -0.418. The number of amides is 1. The van der Waals surface area contributed by atoms with Crippen molar-refractivity contribution < 1.29 is 9.53 Å².